The van der Waals surface area contributed by atoms with Gasteiger partial charge < -0.3 is 10.1 Å². The van der Waals surface area contributed by atoms with Gasteiger partial charge in [-0.1, -0.05) is 15.9 Å². The van der Waals surface area contributed by atoms with Gasteiger partial charge in [0, 0.05) is 16.6 Å². The summed E-state index contributed by atoms with van der Waals surface area (Å²) in [6.07, 6.45) is 0. The highest BCUT2D eigenvalue weighted by molar-refractivity contribution is 9.10. The standard InChI is InChI=1S/C10H10BrF2NO.ClH/c11-6-3-7(12)10(8(13)4-6)9-5-15-2-1-14-9;/h3-4,9,14H,1-2,5H2;1H/t9-;/m0./s1. The maximum absolute atomic E-state index is 13.5. The number of rotatable bonds is 1. The Bertz CT molecular complexity index is 349. The van der Waals surface area contributed by atoms with Gasteiger partial charge in [0.2, 0.25) is 0 Å². The molecule has 0 bridgehead atoms. The maximum Gasteiger partial charge on any atom is 0.132 e. The van der Waals surface area contributed by atoms with Crippen molar-refractivity contribution in [1.29, 1.82) is 0 Å². The van der Waals surface area contributed by atoms with Crippen molar-refractivity contribution >= 4 is 28.3 Å². The molecule has 0 aliphatic carbocycles. The van der Waals surface area contributed by atoms with E-state index in [-0.39, 0.29) is 18.0 Å². The summed E-state index contributed by atoms with van der Waals surface area (Å²) in [4.78, 5) is 0. The Labute approximate surface area is 107 Å². The molecule has 0 unspecified atom stereocenters. The van der Waals surface area contributed by atoms with Crippen LogP contribution in [0.3, 0.4) is 0 Å². The van der Waals surface area contributed by atoms with Crippen molar-refractivity contribution in [2.75, 3.05) is 19.8 Å². The van der Waals surface area contributed by atoms with Crippen LogP contribution < -0.4 is 5.32 Å². The van der Waals surface area contributed by atoms with Crippen LogP contribution in [0.2, 0.25) is 0 Å². The summed E-state index contributed by atoms with van der Waals surface area (Å²) in [5.74, 6) is -1.10. The topological polar surface area (TPSA) is 21.3 Å². The second-order valence-electron chi connectivity index (χ2n) is 3.36. The third kappa shape index (κ3) is 2.91. The van der Waals surface area contributed by atoms with Crippen LogP contribution in [0.1, 0.15) is 11.6 Å². The normalized spacial score (nSPS) is 20.3. The molecule has 90 valence electrons. The molecule has 1 N–H and O–H groups in total. The fourth-order valence-corrected chi connectivity index (χ4v) is 2.04. The first-order chi connectivity index (χ1) is 7.18. The first-order valence-corrected chi connectivity index (χ1v) is 5.43. The molecule has 0 amide bonds. The predicted molar refractivity (Wildman–Crippen MR) is 62.9 cm³/mol. The Balaban J connectivity index is 0.00000128. The number of nitrogens with one attached hydrogen (secondary N) is 1. The highest BCUT2D eigenvalue weighted by atomic mass is 79.9. The lowest BCUT2D eigenvalue weighted by Crippen LogP contribution is -2.35. The molecule has 1 aliphatic heterocycles. The zero-order chi connectivity index (χ0) is 10.8. The van der Waals surface area contributed by atoms with Crippen LogP contribution in [-0.4, -0.2) is 19.8 Å². The monoisotopic (exact) mass is 313 g/mol. The van der Waals surface area contributed by atoms with Gasteiger partial charge in [0.15, 0.2) is 0 Å². The minimum atomic E-state index is -0.551. The number of ether oxygens (including phenoxy) is 1. The van der Waals surface area contributed by atoms with Crippen LogP contribution in [-0.2, 0) is 4.74 Å². The van der Waals surface area contributed by atoms with Gasteiger partial charge in [-0.15, -0.1) is 12.4 Å². The van der Waals surface area contributed by atoms with Crippen molar-refractivity contribution in [1.82, 2.24) is 5.32 Å². The van der Waals surface area contributed by atoms with Gasteiger partial charge in [0.05, 0.1) is 19.3 Å². The van der Waals surface area contributed by atoms with Gasteiger partial charge in [0.1, 0.15) is 11.6 Å². The molecule has 1 atom stereocenters. The second kappa shape index (κ2) is 5.91. The third-order valence-corrected chi connectivity index (χ3v) is 2.77. The Morgan fingerprint density at radius 2 is 1.94 bits per heavy atom. The van der Waals surface area contributed by atoms with Crippen molar-refractivity contribution in [3.8, 4) is 0 Å². The van der Waals surface area contributed by atoms with Crippen molar-refractivity contribution in [2.24, 2.45) is 0 Å². The maximum atomic E-state index is 13.5. The fraction of sp³-hybridized carbons (Fsp3) is 0.400. The first-order valence-electron chi connectivity index (χ1n) is 4.64. The van der Waals surface area contributed by atoms with Crippen molar-refractivity contribution in [2.45, 2.75) is 6.04 Å². The van der Waals surface area contributed by atoms with Crippen LogP contribution in [0.5, 0.6) is 0 Å². The first kappa shape index (κ1) is 13.8. The van der Waals surface area contributed by atoms with Crippen molar-refractivity contribution < 1.29 is 13.5 Å². The molecule has 1 aliphatic rings. The minimum Gasteiger partial charge on any atom is -0.378 e. The minimum absolute atomic E-state index is 0. The SMILES string of the molecule is Cl.Fc1cc(Br)cc(F)c1[C@@H]1COCCN1. The summed E-state index contributed by atoms with van der Waals surface area (Å²) in [6, 6.07) is 2.12. The summed E-state index contributed by atoms with van der Waals surface area (Å²) in [6.45, 7) is 1.49. The van der Waals surface area contributed by atoms with Gasteiger partial charge in [0.25, 0.3) is 0 Å². The smallest absolute Gasteiger partial charge is 0.132 e. The summed E-state index contributed by atoms with van der Waals surface area (Å²) >= 11 is 3.04. The quantitative estimate of drug-likeness (QED) is 0.861. The van der Waals surface area contributed by atoms with E-state index >= 15 is 0 Å². The molecule has 1 saturated heterocycles. The lowest BCUT2D eigenvalue weighted by atomic mass is 10.1. The zero-order valence-corrected chi connectivity index (χ0v) is 10.7. The molecule has 1 aromatic rings. The Morgan fingerprint density at radius 1 is 1.31 bits per heavy atom. The molecule has 1 aromatic carbocycles. The Kier molecular flexibility index (Phi) is 5.11. The average molecular weight is 315 g/mol. The molecule has 2 rings (SSSR count). The lowest BCUT2D eigenvalue weighted by Gasteiger charge is -2.24. The van der Waals surface area contributed by atoms with Crippen molar-refractivity contribution in [3.05, 3.63) is 33.8 Å². The molecule has 0 saturated carbocycles. The summed E-state index contributed by atoms with van der Waals surface area (Å²) in [5, 5.41) is 3.02. The molecule has 1 heterocycles. The van der Waals surface area contributed by atoms with E-state index in [2.05, 4.69) is 21.2 Å². The summed E-state index contributed by atoms with van der Waals surface area (Å²) < 4.78 is 32.6. The van der Waals surface area contributed by atoms with Gasteiger partial charge in [-0.25, -0.2) is 8.78 Å². The predicted octanol–water partition coefficient (Wildman–Crippen LogP) is 2.81. The van der Waals surface area contributed by atoms with Crippen LogP contribution in [0.15, 0.2) is 16.6 Å². The molecule has 2 nitrogen and oxygen atoms in total. The van der Waals surface area contributed by atoms with Crippen LogP contribution in [0.4, 0.5) is 8.78 Å². The molecule has 0 aromatic heterocycles. The fourth-order valence-electron chi connectivity index (χ4n) is 1.64. The van der Waals surface area contributed by atoms with Gasteiger partial charge in [-0.3, -0.25) is 0 Å². The molecule has 1 fully saturated rings. The van der Waals surface area contributed by atoms with E-state index in [1.807, 2.05) is 0 Å². The van der Waals surface area contributed by atoms with Gasteiger partial charge in [-0.05, 0) is 12.1 Å². The molecular formula is C10H11BrClF2NO. The van der Waals surface area contributed by atoms with Crippen LogP contribution >= 0.6 is 28.3 Å². The zero-order valence-electron chi connectivity index (χ0n) is 8.30. The molecular weight excluding hydrogens is 303 g/mol. The summed E-state index contributed by atoms with van der Waals surface area (Å²) in [7, 11) is 0. The van der Waals surface area contributed by atoms with Crippen molar-refractivity contribution in [3.63, 3.8) is 0 Å². The van der Waals surface area contributed by atoms with E-state index in [1.165, 1.54) is 12.1 Å². The second-order valence-corrected chi connectivity index (χ2v) is 4.28. The van der Waals surface area contributed by atoms with E-state index in [1.54, 1.807) is 0 Å². The van der Waals surface area contributed by atoms with Crippen LogP contribution in [0.25, 0.3) is 0 Å². The van der Waals surface area contributed by atoms with Gasteiger partial charge in [-0.2, -0.15) is 0 Å². The molecule has 6 heteroatoms. The summed E-state index contributed by atoms with van der Waals surface area (Å²) in [5.41, 5.74) is 0.0536. The van der Waals surface area contributed by atoms with E-state index in [9.17, 15) is 8.78 Å². The Morgan fingerprint density at radius 3 is 2.44 bits per heavy atom. The van der Waals surface area contributed by atoms with E-state index in [4.69, 9.17) is 4.74 Å². The number of halogens is 4. The highest BCUT2D eigenvalue weighted by Crippen LogP contribution is 2.25. The number of morpholine rings is 1. The van der Waals surface area contributed by atoms with Gasteiger partial charge >= 0.3 is 0 Å². The Hall–Kier alpha value is -0.230. The molecule has 0 radical (unpaired) electrons. The van der Waals surface area contributed by atoms with E-state index in [0.717, 1.165) is 0 Å². The molecule has 16 heavy (non-hydrogen) atoms. The highest BCUT2D eigenvalue weighted by Gasteiger charge is 2.22. The number of benzene rings is 1. The van der Waals surface area contributed by atoms with Crippen LogP contribution in [0, 0.1) is 11.6 Å². The lowest BCUT2D eigenvalue weighted by molar-refractivity contribution is 0.0745. The van der Waals surface area contributed by atoms with E-state index in [0.29, 0.717) is 24.2 Å². The van der Waals surface area contributed by atoms with E-state index < -0.39 is 17.7 Å². The number of hydrogen-bond donors (Lipinski definition) is 1. The third-order valence-electron chi connectivity index (χ3n) is 2.31. The number of hydrogen-bond acceptors (Lipinski definition) is 2. The molecule has 0 spiro atoms. The largest absolute Gasteiger partial charge is 0.378 e. The average Bonchev–Trinajstić information content (AvgIpc) is 2.17.